The number of likely N-dealkylation sites (tertiary alicyclic amines) is 1. The van der Waals surface area contributed by atoms with Gasteiger partial charge >= 0.3 is 0 Å². The van der Waals surface area contributed by atoms with Crippen molar-refractivity contribution in [3.8, 4) is 17.0 Å². The third kappa shape index (κ3) is 3.35. The summed E-state index contributed by atoms with van der Waals surface area (Å²) in [5.41, 5.74) is 2.31. The summed E-state index contributed by atoms with van der Waals surface area (Å²) in [6.45, 7) is 3.56. The number of nitrogens with zero attached hydrogens (tertiary/aromatic N) is 3. The minimum atomic E-state index is -0.131. The van der Waals surface area contributed by atoms with Crippen molar-refractivity contribution in [2.75, 3.05) is 26.7 Å². The number of benzene rings is 1. The molecule has 1 aliphatic rings. The lowest BCUT2D eigenvalue weighted by molar-refractivity contribution is -0.124. The van der Waals surface area contributed by atoms with E-state index >= 15 is 0 Å². The van der Waals surface area contributed by atoms with Gasteiger partial charge in [-0.15, -0.1) is 11.3 Å². The van der Waals surface area contributed by atoms with Gasteiger partial charge in [0.05, 0.1) is 18.7 Å². The predicted octanol–water partition coefficient (Wildman–Crippen LogP) is 2.67. The number of hydrogen-bond acceptors (Lipinski definition) is 5. The zero-order valence-corrected chi connectivity index (χ0v) is 16.7. The number of carbonyl (C=O) groups excluding carboxylic acids is 2. The molecular weight excluding hydrogens is 376 g/mol. The van der Waals surface area contributed by atoms with Gasteiger partial charge in [0.25, 0.3) is 5.91 Å². The Morgan fingerprint density at radius 3 is 3.04 bits per heavy atom. The number of rotatable bonds is 5. The van der Waals surface area contributed by atoms with Crippen molar-refractivity contribution >= 4 is 28.1 Å². The topological polar surface area (TPSA) is 75.9 Å². The largest absolute Gasteiger partial charge is 0.497 e. The highest BCUT2D eigenvalue weighted by molar-refractivity contribution is 7.15. The number of amides is 2. The Hall–Kier alpha value is -2.87. The lowest BCUT2D eigenvalue weighted by Crippen LogP contribution is -2.34. The first-order valence-corrected chi connectivity index (χ1v) is 10.2. The molecule has 4 rings (SSSR count). The van der Waals surface area contributed by atoms with E-state index in [1.54, 1.807) is 12.0 Å². The second-order valence-corrected chi connectivity index (χ2v) is 7.60. The number of imidazole rings is 1. The summed E-state index contributed by atoms with van der Waals surface area (Å²) in [5.74, 6) is 0.593. The number of carbonyl (C=O) groups is 2. The Kier molecular flexibility index (Phi) is 5.04. The molecule has 0 saturated carbocycles. The van der Waals surface area contributed by atoms with E-state index in [2.05, 4.69) is 10.3 Å². The third-order valence-corrected chi connectivity index (χ3v) is 5.83. The fourth-order valence-corrected chi connectivity index (χ4v) is 4.35. The van der Waals surface area contributed by atoms with Gasteiger partial charge in [0.15, 0.2) is 4.96 Å². The fourth-order valence-electron chi connectivity index (χ4n) is 3.50. The Morgan fingerprint density at radius 2 is 2.25 bits per heavy atom. The average Bonchev–Trinajstić information content (AvgIpc) is 3.43. The zero-order chi connectivity index (χ0) is 19.7. The summed E-state index contributed by atoms with van der Waals surface area (Å²) in [6, 6.07) is 7.69. The number of nitrogens with one attached hydrogen (secondary N) is 1. The van der Waals surface area contributed by atoms with Crippen LogP contribution >= 0.6 is 11.3 Å². The van der Waals surface area contributed by atoms with Gasteiger partial charge in [0.2, 0.25) is 5.91 Å². The Labute approximate surface area is 166 Å². The zero-order valence-electron chi connectivity index (χ0n) is 15.8. The van der Waals surface area contributed by atoms with Crippen LogP contribution in [-0.2, 0) is 4.79 Å². The molecule has 28 heavy (non-hydrogen) atoms. The summed E-state index contributed by atoms with van der Waals surface area (Å²) in [4.78, 5) is 32.2. The third-order valence-electron chi connectivity index (χ3n) is 4.99. The Balaban J connectivity index is 1.57. The molecule has 0 radical (unpaired) electrons. The average molecular weight is 398 g/mol. The van der Waals surface area contributed by atoms with Crippen LogP contribution in [-0.4, -0.2) is 52.8 Å². The van der Waals surface area contributed by atoms with Gasteiger partial charge in [0.1, 0.15) is 11.4 Å². The molecular formula is C20H22N4O3S. The van der Waals surface area contributed by atoms with Crippen LogP contribution in [0.3, 0.4) is 0 Å². The van der Waals surface area contributed by atoms with Crippen molar-refractivity contribution < 1.29 is 14.3 Å². The molecule has 1 aromatic carbocycles. The predicted molar refractivity (Wildman–Crippen MR) is 108 cm³/mol. The maximum absolute atomic E-state index is 13.0. The van der Waals surface area contributed by atoms with Crippen LogP contribution in [0, 0.1) is 5.92 Å². The lowest BCUT2D eigenvalue weighted by Gasteiger charge is -2.15. The van der Waals surface area contributed by atoms with Crippen LogP contribution in [0.15, 0.2) is 35.8 Å². The van der Waals surface area contributed by atoms with Crippen LogP contribution in [0.1, 0.15) is 23.8 Å². The standard InChI is InChI=1S/C20H22N4O3S/c1-3-21-18(25)14-7-8-23(10-14)19(26)17-12-28-20-22-16(11-24(17)20)13-5-4-6-15(9-13)27-2/h4-6,9,11-12,14H,3,7-8,10H2,1-2H3,(H,21,25)/t14-/m0/s1. The highest BCUT2D eigenvalue weighted by atomic mass is 32.1. The number of thiazole rings is 1. The van der Waals surface area contributed by atoms with Gasteiger partial charge in [-0.3, -0.25) is 14.0 Å². The normalized spacial score (nSPS) is 16.5. The summed E-state index contributed by atoms with van der Waals surface area (Å²) < 4.78 is 7.12. The summed E-state index contributed by atoms with van der Waals surface area (Å²) in [5, 5.41) is 4.67. The van der Waals surface area contributed by atoms with E-state index in [-0.39, 0.29) is 17.7 Å². The molecule has 1 saturated heterocycles. The highest BCUT2D eigenvalue weighted by Crippen LogP contribution is 2.27. The van der Waals surface area contributed by atoms with Crippen LogP contribution in [0.5, 0.6) is 5.75 Å². The smallest absolute Gasteiger partial charge is 0.271 e. The monoisotopic (exact) mass is 398 g/mol. The minimum Gasteiger partial charge on any atom is -0.497 e. The van der Waals surface area contributed by atoms with E-state index < -0.39 is 0 Å². The fraction of sp³-hybridized carbons (Fsp3) is 0.350. The molecule has 1 fully saturated rings. The van der Waals surface area contributed by atoms with E-state index in [1.165, 1.54) is 11.3 Å². The first-order chi connectivity index (χ1) is 13.6. The van der Waals surface area contributed by atoms with E-state index in [0.29, 0.717) is 31.7 Å². The number of fused-ring (bicyclic) bond motifs is 1. The summed E-state index contributed by atoms with van der Waals surface area (Å²) >= 11 is 1.44. The van der Waals surface area contributed by atoms with Crippen LogP contribution in [0.25, 0.3) is 16.2 Å². The molecule has 0 unspecified atom stereocenters. The lowest BCUT2D eigenvalue weighted by atomic mass is 10.1. The van der Waals surface area contributed by atoms with Crippen molar-refractivity contribution in [1.29, 1.82) is 0 Å². The minimum absolute atomic E-state index is 0.0243. The molecule has 2 aromatic heterocycles. The Bertz CT molecular complexity index is 1030. The molecule has 1 aliphatic heterocycles. The van der Waals surface area contributed by atoms with Gasteiger partial charge < -0.3 is 15.0 Å². The number of aromatic nitrogens is 2. The van der Waals surface area contributed by atoms with Crippen molar-refractivity contribution in [1.82, 2.24) is 19.6 Å². The van der Waals surface area contributed by atoms with E-state index in [1.807, 2.05) is 47.2 Å². The van der Waals surface area contributed by atoms with Crippen molar-refractivity contribution in [2.45, 2.75) is 13.3 Å². The quantitative estimate of drug-likeness (QED) is 0.717. The molecule has 8 heteroatoms. The summed E-state index contributed by atoms with van der Waals surface area (Å²) in [6.07, 6.45) is 2.58. The van der Waals surface area contributed by atoms with Gasteiger partial charge in [-0.25, -0.2) is 4.98 Å². The van der Waals surface area contributed by atoms with Crippen molar-refractivity contribution in [2.24, 2.45) is 5.92 Å². The second kappa shape index (κ2) is 7.63. The van der Waals surface area contributed by atoms with E-state index in [9.17, 15) is 9.59 Å². The maximum Gasteiger partial charge on any atom is 0.271 e. The summed E-state index contributed by atoms with van der Waals surface area (Å²) in [7, 11) is 1.63. The van der Waals surface area contributed by atoms with Gasteiger partial charge in [-0.1, -0.05) is 12.1 Å². The molecule has 1 atom stereocenters. The molecule has 0 bridgehead atoms. The molecule has 0 spiro atoms. The van der Waals surface area contributed by atoms with Gasteiger partial charge in [-0.2, -0.15) is 0 Å². The first kappa shape index (κ1) is 18.5. The first-order valence-electron chi connectivity index (χ1n) is 9.28. The van der Waals surface area contributed by atoms with E-state index in [0.717, 1.165) is 22.0 Å². The molecule has 7 nitrogen and oxygen atoms in total. The Morgan fingerprint density at radius 1 is 1.39 bits per heavy atom. The highest BCUT2D eigenvalue weighted by Gasteiger charge is 2.32. The molecule has 146 valence electrons. The van der Waals surface area contributed by atoms with Crippen LogP contribution in [0.4, 0.5) is 0 Å². The molecule has 0 aliphatic carbocycles. The van der Waals surface area contributed by atoms with E-state index in [4.69, 9.17) is 4.74 Å². The molecule has 1 N–H and O–H groups in total. The second-order valence-electron chi connectivity index (χ2n) is 6.76. The van der Waals surface area contributed by atoms with Crippen LogP contribution in [0.2, 0.25) is 0 Å². The number of hydrogen-bond donors (Lipinski definition) is 1. The molecule has 2 amide bonds. The van der Waals surface area contributed by atoms with Crippen molar-refractivity contribution in [3.05, 3.63) is 41.5 Å². The van der Waals surface area contributed by atoms with Crippen LogP contribution < -0.4 is 10.1 Å². The SMILES string of the molecule is CCNC(=O)[C@H]1CCN(C(=O)c2csc3nc(-c4cccc(OC)c4)cn23)C1. The molecule has 3 heterocycles. The van der Waals surface area contributed by atoms with Gasteiger partial charge in [0, 0.05) is 36.8 Å². The van der Waals surface area contributed by atoms with Crippen molar-refractivity contribution in [3.63, 3.8) is 0 Å². The molecule has 3 aromatic rings. The maximum atomic E-state index is 13.0. The number of ether oxygens (including phenoxy) is 1. The number of methoxy groups -OCH3 is 1. The van der Waals surface area contributed by atoms with Gasteiger partial charge in [-0.05, 0) is 25.5 Å².